The van der Waals surface area contributed by atoms with Gasteiger partial charge >= 0.3 is 59.1 Å². The Bertz CT molecular complexity index is 3790. The Morgan fingerprint density at radius 3 is 1.67 bits per heavy atom. The molecule has 0 bridgehead atoms. The third kappa shape index (κ3) is 8.81. The van der Waals surface area contributed by atoms with Crippen molar-refractivity contribution in [1.29, 1.82) is 0 Å². The van der Waals surface area contributed by atoms with Crippen LogP contribution in [0.25, 0.3) is 62.4 Å². The quantitative estimate of drug-likeness (QED) is 0.0587. The molecule has 6 aromatic carbocycles. The van der Waals surface area contributed by atoms with Gasteiger partial charge in [-0.05, 0) is 110 Å². The van der Waals surface area contributed by atoms with Gasteiger partial charge in [-0.25, -0.2) is 36.8 Å². The van der Waals surface area contributed by atoms with Crippen LogP contribution in [0.15, 0.2) is 129 Å². The fraction of sp³-hybridized carbons (Fsp3) is 0.0476. The monoisotopic (exact) mass is 963 g/mol. The molecule has 302 valence electrons. The van der Waals surface area contributed by atoms with Gasteiger partial charge in [-0.15, -0.1) is 45.0 Å². The van der Waals surface area contributed by atoms with Crippen molar-refractivity contribution in [2.75, 3.05) is 0 Å². The van der Waals surface area contributed by atoms with Crippen molar-refractivity contribution in [1.82, 2.24) is 15.0 Å². The average Bonchev–Trinajstić information content (AvgIpc) is 4.04. The first kappa shape index (κ1) is 45.7. The summed E-state index contributed by atoms with van der Waals surface area (Å²) in [5, 5.41) is 18.0. The van der Waals surface area contributed by atoms with Gasteiger partial charge in [0.25, 0.3) is 5.69 Å². The van der Waals surface area contributed by atoms with Crippen LogP contribution in [0.3, 0.4) is 0 Å². The number of benzene rings is 6. The second-order valence-corrected chi connectivity index (χ2v) is 20.6. The number of hydrogen-bond donors (Lipinski definition) is 1. The Morgan fingerprint density at radius 1 is 0.587 bits per heavy atom. The molecule has 0 radical (unpaired) electrons. The van der Waals surface area contributed by atoms with Crippen molar-refractivity contribution < 1.29 is 95.1 Å². The Hall–Kier alpha value is -3.90. The molecule has 9 aromatic rings. The normalized spacial score (nSPS) is 12.8. The van der Waals surface area contributed by atoms with E-state index in [1.54, 1.807) is 62.4 Å². The molecular weight excluding hydrogens is 939 g/mol. The van der Waals surface area contributed by atoms with Gasteiger partial charge in [0.05, 0.1) is 55.4 Å². The summed E-state index contributed by atoms with van der Waals surface area (Å²) >= 11 is 3.82. The standard InChI is InChI=1S/C42H26N6O7S6.2Na/c1-21-3-15-31-35(37(21)60(50,51)52)58-41(45-31)25-9-17-29-33(19-25)56-39(43-29)23-5-11-27(12-6-23)47-48(49)28-13-7-24(8-14-28)40-44-30-18-10-26(20-34(30)57-40)42-46-32-16-4-22(2)38(36(32)59-42)61(53,54)55;;/h3-20H,1-2H3,(H2-,47,49,50,51,52,53,54,55);;/q;2*+1/p-1. The summed E-state index contributed by atoms with van der Waals surface area (Å²) in [4.78, 5) is 20.0. The van der Waals surface area contributed by atoms with Crippen LogP contribution in [0, 0.1) is 18.4 Å². The summed E-state index contributed by atoms with van der Waals surface area (Å²) in [5.41, 5.74) is 6.69. The third-order valence-corrected chi connectivity index (χ3v) is 16.6. The predicted molar refractivity (Wildman–Crippen MR) is 236 cm³/mol. The molecule has 10 rings (SSSR count). The number of azo groups is 1. The zero-order chi connectivity index (χ0) is 42.4. The maximum atomic E-state index is 12.0. The summed E-state index contributed by atoms with van der Waals surface area (Å²) in [6.07, 6.45) is 0. The summed E-state index contributed by atoms with van der Waals surface area (Å²) in [5.74, 6) is 0. The minimum Gasteiger partial charge on any atom is -0.744 e. The van der Waals surface area contributed by atoms with E-state index in [4.69, 9.17) is 9.98 Å². The Kier molecular flexibility index (Phi) is 12.7. The number of nitrogens with zero attached hydrogens (tertiary/aromatic N) is 6. The maximum absolute atomic E-state index is 12.0. The molecular formula is C42H25N6Na2O7S6+. The first-order valence-electron chi connectivity index (χ1n) is 18.1. The Balaban J connectivity index is 0.00000272. The van der Waals surface area contributed by atoms with Gasteiger partial charge in [0.15, 0.2) is 0 Å². The molecule has 0 atom stereocenters. The molecule has 4 heterocycles. The van der Waals surface area contributed by atoms with Crippen molar-refractivity contribution in [2.45, 2.75) is 23.6 Å². The molecule has 0 fully saturated rings. The fourth-order valence-electron chi connectivity index (χ4n) is 6.94. The predicted octanol–water partition coefficient (Wildman–Crippen LogP) is 3.56. The second kappa shape index (κ2) is 17.5. The summed E-state index contributed by atoms with van der Waals surface area (Å²) in [7, 11) is -7.86. The number of rotatable bonds is 8. The van der Waals surface area contributed by atoms with Crippen molar-refractivity contribution in [3.05, 3.63) is 136 Å². The molecule has 3 aromatic heterocycles. The molecule has 0 aliphatic carbocycles. The van der Waals surface area contributed by atoms with Gasteiger partial charge in [0, 0.05) is 34.4 Å². The van der Waals surface area contributed by atoms with Gasteiger partial charge in [-0.2, -0.15) is 0 Å². The Labute approximate surface area is 418 Å². The van der Waals surface area contributed by atoms with Gasteiger partial charge < -0.3 is 9.11 Å². The number of aromatic nitrogens is 3. The van der Waals surface area contributed by atoms with E-state index in [-0.39, 0.29) is 68.9 Å². The molecule has 1 N–H and O–H groups in total. The molecule has 0 amide bonds. The van der Waals surface area contributed by atoms with E-state index in [1.165, 1.54) is 45.0 Å². The molecule has 0 unspecified atom stereocenters. The average molecular weight is 964 g/mol. The summed E-state index contributed by atoms with van der Waals surface area (Å²) < 4.78 is 74.5. The fourth-order valence-corrected chi connectivity index (χ4v) is 13.5. The zero-order valence-electron chi connectivity index (χ0n) is 33.4. The Morgan fingerprint density at radius 2 is 1.08 bits per heavy atom. The molecule has 1 aliphatic rings. The zero-order valence-corrected chi connectivity index (χ0v) is 42.3. The van der Waals surface area contributed by atoms with Crippen molar-refractivity contribution >= 4 is 112 Å². The van der Waals surface area contributed by atoms with Crippen LogP contribution < -0.4 is 64.5 Å². The van der Waals surface area contributed by atoms with Gasteiger partial charge in [-0.1, -0.05) is 12.1 Å². The topological polar surface area (TPSA) is 201 Å². The van der Waals surface area contributed by atoms with Crippen LogP contribution >= 0.6 is 45.0 Å². The molecule has 21 heteroatoms. The molecule has 0 saturated carbocycles. The number of aryl methyl sites for hydroxylation is 2. The molecule has 13 nitrogen and oxygen atoms in total. The molecule has 63 heavy (non-hydrogen) atoms. The number of thiazole rings is 3. The van der Waals surface area contributed by atoms with E-state index in [0.717, 1.165) is 57.2 Å². The van der Waals surface area contributed by atoms with Crippen LogP contribution in [0.4, 0.5) is 11.4 Å². The molecule has 0 saturated heterocycles. The molecule has 0 spiro atoms. The van der Waals surface area contributed by atoms with Crippen molar-refractivity contribution in [2.24, 2.45) is 10.1 Å². The molecule has 1 aliphatic heterocycles. The van der Waals surface area contributed by atoms with Gasteiger partial charge in [0.2, 0.25) is 0 Å². The maximum Gasteiger partial charge on any atom is 1.00 e. The van der Waals surface area contributed by atoms with E-state index in [2.05, 4.69) is 15.1 Å². The first-order valence-corrected chi connectivity index (χ1v) is 24.2. The van der Waals surface area contributed by atoms with E-state index in [0.29, 0.717) is 53.0 Å². The number of hydrogen-bond acceptors (Lipinski definition) is 14. The summed E-state index contributed by atoms with van der Waals surface area (Å²) in [6.45, 7) is 3.20. The van der Waals surface area contributed by atoms with Crippen LogP contribution in [-0.2, 0) is 20.2 Å². The van der Waals surface area contributed by atoms with E-state index in [1.807, 2.05) is 60.7 Å². The van der Waals surface area contributed by atoms with Crippen LogP contribution in [0.5, 0.6) is 0 Å². The van der Waals surface area contributed by atoms with Crippen LogP contribution in [0.1, 0.15) is 16.7 Å². The minimum atomic E-state index is -4.68. The van der Waals surface area contributed by atoms with Crippen LogP contribution in [0.2, 0.25) is 0 Å². The first-order chi connectivity index (χ1) is 29.2. The van der Waals surface area contributed by atoms with E-state index < -0.39 is 20.2 Å². The van der Waals surface area contributed by atoms with E-state index >= 15 is 0 Å². The third-order valence-electron chi connectivity index (χ3n) is 9.86. The van der Waals surface area contributed by atoms with Crippen LogP contribution in [-0.4, -0.2) is 55.9 Å². The van der Waals surface area contributed by atoms with Gasteiger partial charge in [-0.3, -0.25) is 5.21 Å². The minimum absolute atomic E-state index is 0. The second-order valence-electron chi connectivity index (χ2n) is 14.0. The SMILES string of the molecule is Cc1ccc2nc(-c3ccc4c(c3)=S=C(c3ccc(N=[N+](O)c5ccc(-c6nc7ccc(-c8nc9ccc(C)c(S(=O)(=O)[O-])c9s8)cc7s6)cc5)cc3)N=4)sc2c1S(=O)(=O)[O-].[Na+].[Na+]. The number of fused-ring (bicyclic) bond motifs is 4. The van der Waals surface area contributed by atoms with Crippen molar-refractivity contribution in [3.63, 3.8) is 0 Å². The summed E-state index contributed by atoms with van der Waals surface area (Å²) in [6, 6.07) is 32.5. The van der Waals surface area contributed by atoms with Crippen molar-refractivity contribution in [3.8, 4) is 31.7 Å². The smallest absolute Gasteiger partial charge is 0.744 e. The largest absolute Gasteiger partial charge is 1.00 e. The van der Waals surface area contributed by atoms with E-state index in [9.17, 15) is 31.1 Å². The van der Waals surface area contributed by atoms with Gasteiger partial charge in [0.1, 0.15) is 50.8 Å².